The molecule has 0 saturated carbocycles. The lowest BCUT2D eigenvalue weighted by molar-refractivity contribution is -0.137. The van der Waals surface area contributed by atoms with Crippen LogP contribution >= 0.6 is 0 Å². The highest BCUT2D eigenvalue weighted by atomic mass is 19.4. The first-order chi connectivity index (χ1) is 16.4. The first-order valence-corrected chi connectivity index (χ1v) is 10.7. The molecule has 0 fully saturated rings. The Labute approximate surface area is 197 Å². The quantitative estimate of drug-likeness (QED) is 0.415. The summed E-state index contributed by atoms with van der Waals surface area (Å²) >= 11 is 0. The number of H-pyrrole nitrogens is 1. The van der Waals surface area contributed by atoms with Gasteiger partial charge in [-0.25, -0.2) is 9.67 Å². The zero-order valence-electron chi connectivity index (χ0n) is 19.2. The summed E-state index contributed by atoms with van der Waals surface area (Å²) in [7, 11) is 0. The average Bonchev–Trinajstić information content (AvgIpc) is 3.23. The lowest BCUT2D eigenvalue weighted by Gasteiger charge is -2.17. The van der Waals surface area contributed by atoms with Gasteiger partial charge in [-0.15, -0.1) is 5.10 Å². The van der Waals surface area contributed by atoms with Gasteiger partial charge in [-0.3, -0.25) is 14.6 Å². The van der Waals surface area contributed by atoms with Gasteiger partial charge < -0.3 is 9.72 Å². The summed E-state index contributed by atoms with van der Waals surface area (Å²) in [5, 5.41) is 4.46. The van der Waals surface area contributed by atoms with Crippen LogP contribution in [0.5, 0.6) is 5.88 Å². The number of rotatable bonds is 5. The fourth-order valence-electron chi connectivity index (χ4n) is 3.52. The van der Waals surface area contributed by atoms with Crippen molar-refractivity contribution in [2.24, 2.45) is 5.41 Å². The molecule has 0 atom stereocenters. The van der Waals surface area contributed by atoms with Gasteiger partial charge in [-0.2, -0.15) is 13.2 Å². The SMILES string of the molecule is CC(C)(C)CC(=O)Oc1nn(Cc2nc(-c3ccccc3C(F)(F)F)c[nH]2)c(=O)c2ncccc12. The van der Waals surface area contributed by atoms with Crippen molar-refractivity contribution in [3.8, 4) is 17.1 Å². The molecule has 0 saturated heterocycles. The van der Waals surface area contributed by atoms with Gasteiger partial charge in [-0.05, 0) is 23.6 Å². The number of nitrogens with zero attached hydrogens (tertiary/aromatic N) is 4. The van der Waals surface area contributed by atoms with Crippen LogP contribution in [0.15, 0.2) is 53.6 Å². The van der Waals surface area contributed by atoms with Crippen molar-refractivity contribution < 1.29 is 22.7 Å². The first-order valence-electron chi connectivity index (χ1n) is 10.7. The van der Waals surface area contributed by atoms with Crippen LogP contribution in [0.2, 0.25) is 0 Å². The van der Waals surface area contributed by atoms with Gasteiger partial charge in [0.25, 0.3) is 5.56 Å². The highest BCUT2D eigenvalue weighted by molar-refractivity contribution is 5.85. The molecule has 35 heavy (non-hydrogen) atoms. The van der Waals surface area contributed by atoms with Crippen molar-refractivity contribution in [2.45, 2.75) is 39.9 Å². The van der Waals surface area contributed by atoms with Gasteiger partial charge in [0.15, 0.2) is 0 Å². The lowest BCUT2D eigenvalue weighted by atomic mass is 9.92. The molecule has 0 aliphatic carbocycles. The molecule has 3 aromatic heterocycles. The normalized spacial score (nSPS) is 12.2. The van der Waals surface area contributed by atoms with Crippen LogP contribution in [0.3, 0.4) is 0 Å². The van der Waals surface area contributed by atoms with Crippen LogP contribution in [-0.2, 0) is 17.5 Å². The summed E-state index contributed by atoms with van der Waals surface area (Å²) in [6.45, 7) is 5.44. The summed E-state index contributed by atoms with van der Waals surface area (Å²) in [6, 6.07) is 8.24. The number of ether oxygens (including phenoxy) is 1. The largest absolute Gasteiger partial charge is 0.417 e. The second-order valence-electron chi connectivity index (χ2n) is 9.15. The Hall–Kier alpha value is -4.02. The number of pyridine rings is 1. The van der Waals surface area contributed by atoms with E-state index in [-0.39, 0.29) is 52.2 Å². The van der Waals surface area contributed by atoms with Gasteiger partial charge in [0.05, 0.1) is 23.1 Å². The fraction of sp³-hybridized carbons (Fsp3) is 0.292. The summed E-state index contributed by atoms with van der Waals surface area (Å²) in [4.78, 5) is 36.5. The van der Waals surface area contributed by atoms with Gasteiger partial charge in [0.2, 0.25) is 5.88 Å². The molecule has 182 valence electrons. The maximum Gasteiger partial charge on any atom is 0.417 e. The first kappa shape index (κ1) is 24.1. The van der Waals surface area contributed by atoms with E-state index in [4.69, 9.17) is 4.74 Å². The molecule has 1 aromatic carbocycles. The summed E-state index contributed by atoms with van der Waals surface area (Å²) in [5.41, 5.74) is -1.70. The van der Waals surface area contributed by atoms with Crippen molar-refractivity contribution >= 4 is 16.9 Å². The summed E-state index contributed by atoms with van der Waals surface area (Å²) in [6.07, 6.45) is -1.68. The molecule has 0 aliphatic heterocycles. The average molecular weight is 485 g/mol. The third-order valence-corrected chi connectivity index (χ3v) is 5.01. The minimum absolute atomic E-state index is 0.0373. The molecule has 0 radical (unpaired) electrons. The van der Waals surface area contributed by atoms with E-state index in [1.807, 2.05) is 20.8 Å². The topological polar surface area (TPSA) is 103 Å². The summed E-state index contributed by atoms with van der Waals surface area (Å²) < 4.78 is 46.7. The van der Waals surface area contributed by atoms with E-state index in [9.17, 15) is 22.8 Å². The molecule has 3 heterocycles. The van der Waals surface area contributed by atoms with Gasteiger partial charge in [0, 0.05) is 18.0 Å². The lowest BCUT2D eigenvalue weighted by Crippen LogP contribution is -2.27. The van der Waals surface area contributed by atoms with Crippen LogP contribution in [0.1, 0.15) is 38.6 Å². The van der Waals surface area contributed by atoms with E-state index in [0.717, 1.165) is 10.7 Å². The predicted octanol–water partition coefficient (Wildman–Crippen LogP) is 4.59. The van der Waals surface area contributed by atoms with Crippen molar-refractivity contribution in [1.82, 2.24) is 24.7 Å². The molecule has 0 aliphatic rings. The van der Waals surface area contributed by atoms with Gasteiger partial charge >= 0.3 is 12.1 Å². The second kappa shape index (κ2) is 8.97. The smallest absolute Gasteiger partial charge is 0.405 e. The number of fused-ring (bicyclic) bond motifs is 1. The Balaban J connectivity index is 1.70. The molecule has 0 bridgehead atoms. The second-order valence-corrected chi connectivity index (χ2v) is 9.15. The Kier molecular flexibility index (Phi) is 6.18. The van der Waals surface area contributed by atoms with E-state index < -0.39 is 23.3 Å². The number of benzene rings is 1. The van der Waals surface area contributed by atoms with Crippen molar-refractivity contribution in [1.29, 1.82) is 0 Å². The Morgan fingerprint density at radius 3 is 2.57 bits per heavy atom. The maximum atomic E-state index is 13.4. The molecule has 0 spiro atoms. The molecule has 11 heteroatoms. The number of nitrogens with one attached hydrogen (secondary N) is 1. The van der Waals surface area contributed by atoms with E-state index in [2.05, 4.69) is 20.1 Å². The predicted molar refractivity (Wildman–Crippen MR) is 122 cm³/mol. The zero-order valence-corrected chi connectivity index (χ0v) is 19.2. The van der Waals surface area contributed by atoms with Crippen LogP contribution in [-0.4, -0.2) is 30.7 Å². The van der Waals surface area contributed by atoms with E-state index in [1.165, 1.54) is 30.6 Å². The minimum atomic E-state index is -4.55. The Bertz CT molecular complexity index is 1450. The zero-order chi connectivity index (χ0) is 25.4. The molecule has 0 unspecified atom stereocenters. The number of aromatic amines is 1. The monoisotopic (exact) mass is 485 g/mol. The van der Waals surface area contributed by atoms with Gasteiger partial charge in [-0.1, -0.05) is 39.0 Å². The molecule has 4 rings (SSSR count). The van der Waals surface area contributed by atoms with E-state index in [1.54, 1.807) is 12.1 Å². The molecular weight excluding hydrogens is 463 g/mol. The number of esters is 1. The fourth-order valence-corrected chi connectivity index (χ4v) is 3.52. The molecule has 8 nitrogen and oxygen atoms in total. The molecular formula is C24H22F3N5O3. The molecule has 0 amide bonds. The van der Waals surface area contributed by atoms with Crippen molar-refractivity contribution in [3.63, 3.8) is 0 Å². The van der Waals surface area contributed by atoms with Crippen LogP contribution < -0.4 is 10.3 Å². The van der Waals surface area contributed by atoms with E-state index >= 15 is 0 Å². The number of carbonyl (C=O) groups is 1. The third kappa shape index (κ3) is 5.39. The number of carbonyl (C=O) groups excluding carboxylic acids is 1. The Morgan fingerprint density at radius 1 is 1.11 bits per heavy atom. The van der Waals surface area contributed by atoms with Crippen LogP contribution in [0.4, 0.5) is 13.2 Å². The maximum absolute atomic E-state index is 13.4. The highest BCUT2D eigenvalue weighted by Crippen LogP contribution is 2.36. The van der Waals surface area contributed by atoms with Crippen LogP contribution in [0.25, 0.3) is 22.2 Å². The third-order valence-electron chi connectivity index (χ3n) is 5.01. The standard InChI is InChI=1S/C24H22F3N5O3/c1-23(2,3)11-19(33)35-21-15-8-6-10-28-20(15)22(34)32(31-21)13-18-29-12-17(30-18)14-7-4-5-9-16(14)24(25,26)27/h4-10,12H,11,13H2,1-3H3,(H,29,30). The van der Waals surface area contributed by atoms with Crippen LogP contribution in [0, 0.1) is 5.41 Å². The minimum Gasteiger partial charge on any atom is -0.405 e. The highest BCUT2D eigenvalue weighted by Gasteiger charge is 2.33. The Morgan fingerprint density at radius 2 is 1.86 bits per heavy atom. The number of halogens is 3. The van der Waals surface area contributed by atoms with Gasteiger partial charge in [0.1, 0.15) is 17.9 Å². The number of hydrogen-bond donors (Lipinski definition) is 1. The van der Waals surface area contributed by atoms with Crippen molar-refractivity contribution in [3.05, 3.63) is 70.5 Å². The van der Waals surface area contributed by atoms with Crippen molar-refractivity contribution in [2.75, 3.05) is 0 Å². The number of aromatic nitrogens is 5. The molecule has 1 N–H and O–H groups in total. The number of imidazole rings is 1. The van der Waals surface area contributed by atoms with E-state index in [0.29, 0.717) is 0 Å². The number of alkyl halides is 3. The molecule has 4 aromatic rings. The number of hydrogen-bond acceptors (Lipinski definition) is 6. The summed E-state index contributed by atoms with van der Waals surface area (Å²) in [5.74, 6) is -0.422.